The van der Waals surface area contributed by atoms with Gasteiger partial charge < -0.3 is 15.1 Å². The van der Waals surface area contributed by atoms with Crippen molar-refractivity contribution in [3.05, 3.63) is 29.6 Å². The van der Waals surface area contributed by atoms with Crippen LogP contribution in [0.3, 0.4) is 0 Å². The van der Waals surface area contributed by atoms with Crippen LogP contribution in [0.25, 0.3) is 0 Å². The summed E-state index contributed by atoms with van der Waals surface area (Å²) in [5, 5.41) is 14.2. The first-order valence-corrected chi connectivity index (χ1v) is 12.1. The van der Waals surface area contributed by atoms with Gasteiger partial charge in [-0.25, -0.2) is 18.4 Å². The number of aromatic nitrogens is 1. The molecule has 40 heavy (non-hydrogen) atoms. The Balaban J connectivity index is 0.000000473. The first-order chi connectivity index (χ1) is 18.2. The molecule has 1 amide bonds. The molecule has 3 rings (SSSR count). The summed E-state index contributed by atoms with van der Waals surface area (Å²) in [6.07, 6.45) is -7.30. The molecule has 2 aliphatic heterocycles. The molecule has 0 saturated carbocycles. The molecule has 0 aromatic carbocycles. The van der Waals surface area contributed by atoms with Crippen LogP contribution in [0.2, 0.25) is 0 Å². The topological polar surface area (TPSA) is 111 Å². The van der Waals surface area contributed by atoms with Crippen LogP contribution in [0.4, 0.5) is 35.1 Å². The molecule has 2 fully saturated rings. The molecule has 0 bridgehead atoms. The fourth-order valence-electron chi connectivity index (χ4n) is 4.45. The molecule has 1 unspecified atom stereocenters. The van der Waals surface area contributed by atoms with Crippen molar-refractivity contribution in [1.29, 1.82) is 0 Å². The molecule has 0 aliphatic carbocycles. The van der Waals surface area contributed by atoms with Gasteiger partial charge in [0.15, 0.2) is 0 Å². The van der Waals surface area contributed by atoms with Crippen molar-refractivity contribution in [2.45, 2.75) is 70.8 Å². The lowest BCUT2D eigenvalue weighted by molar-refractivity contribution is -0.193. The maximum absolute atomic E-state index is 14.5. The number of likely N-dealkylation sites (tertiary alicyclic amines) is 2. The zero-order chi connectivity index (χ0) is 30.9. The Kier molecular flexibility index (Phi) is 12.3. The number of amides is 1. The summed E-state index contributed by atoms with van der Waals surface area (Å²) in [5.41, 5.74) is 0.773. The van der Waals surface area contributed by atoms with Gasteiger partial charge in [0.05, 0.1) is 24.2 Å². The number of hydrogen-bond donors (Lipinski definition) is 2. The summed E-state index contributed by atoms with van der Waals surface area (Å²) >= 11 is 0. The minimum Gasteiger partial charge on any atom is -0.475 e. The summed E-state index contributed by atoms with van der Waals surface area (Å²) in [6, 6.07) is 5.73. The van der Waals surface area contributed by atoms with E-state index in [9.17, 15) is 39.9 Å². The fraction of sp³-hybridized carbons (Fsp3) is 0.667. The number of unbranched alkanes of at least 4 members (excludes halogenated alkanes) is 1. The zero-order valence-corrected chi connectivity index (χ0v) is 21.8. The predicted octanol–water partition coefficient (Wildman–Crippen LogP) is 4.91. The number of nitrogens with zero attached hydrogens (tertiary/aromatic N) is 3. The highest BCUT2D eigenvalue weighted by atomic mass is 19.4. The van der Waals surface area contributed by atoms with Crippen molar-refractivity contribution in [2.75, 3.05) is 26.2 Å². The first kappa shape index (κ1) is 35.0. The lowest BCUT2D eigenvalue weighted by Gasteiger charge is -2.49. The van der Waals surface area contributed by atoms with E-state index in [1.807, 2.05) is 25.1 Å². The molecule has 228 valence electrons. The van der Waals surface area contributed by atoms with Crippen LogP contribution < -0.4 is 0 Å². The molecule has 0 radical (unpaired) electrons. The Morgan fingerprint density at radius 1 is 1.02 bits per heavy atom. The van der Waals surface area contributed by atoms with Crippen LogP contribution >= 0.6 is 0 Å². The molecule has 1 atom stereocenters. The van der Waals surface area contributed by atoms with E-state index >= 15 is 0 Å². The number of aliphatic carboxylic acids is 2. The van der Waals surface area contributed by atoms with Gasteiger partial charge in [-0.05, 0) is 44.9 Å². The second-order valence-corrected chi connectivity index (χ2v) is 9.58. The third-order valence-electron chi connectivity index (χ3n) is 6.01. The molecule has 1 aromatic heterocycles. The van der Waals surface area contributed by atoms with E-state index in [-0.39, 0.29) is 18.9 Å². The third kappa shape index (κ3) is 11.2. The number of rotatable bonds is 5. The van der Waals surface area contributed by atoms with Gasteiger partial charge in [-0.3, -0.25) is 14.7 Å². The van der Waals surface area contributed by atoms with Crippen LogP contribution in [0, 0.1) is 12.3 Å². The quantitative estimate of drug-likeness (QED) is 0.467. The van der Waals surface area contributed by atoms with Crippen molar-refractivity contribution in [2.24, 2.45) is 5.41 Å². The molecular weight excluding hydrogens is 562 g/mol. The maximum Gasteiger partial charge on any atom is 0.490 e. The average molecular weight is 594 g/mol. The highest BCUT2D eigenvalue weighted by molar-refractivity contribution is 5.84. The summed E-state index contributed by atoms with van der Waals surface area (Å²) in [7, 11) is 0. The first-order valence-electron chi connectivity index (χ1n) is 12.1. The van der Waals surface area contributed by atoms with E-state index in [2.05, 4.69) is 11.9 Å². The monoisotopic (exact) mass is 593 g/mol. The Morgan fingerprint density at radius 2 is 1.57 bits per heavy atom. The highest BCUT2D eigenvalue weighted by Crippen LogP contribution is 2.45. The lowest BCUT2D eigenvalue weighted by atomic mass is 9.71. The Hall–Kier alpha value is -3.04. The van der Waals surface area contributed by atoms with E-state index in [4.69, 9.17) is 19.8 Å². The van der Waals surface area contributed by atoms with Crippen molar-refractivity contribution >= 4 is 17.8 Å². The Labute approximate surface area is 225 Å². The molecule has 2 saturated heterocycles. The van der Waals surface area contributed by atoms with Crippen molar-refractivity contribution < 1.29 is 59.7 Å². The van der Waals surface area contributed by atoms with E-state index in [0.29, 0.717) is 32.6 Å². The minimum absolute atomic E-state index is 0.118. The van der Waals surface area contributed by atoms with Gasteiger partial charge in [0.2, 0.25) is 5.91 Å². The van der Waals surface area contributed by atoms with Gasteiger partial charge >= 0.3 is 24.3 Å². The van der Waals surface area contributed by atoms with Gasteiger partial charge in [-0.1, -0.05) is 19.4 Å². The van der Waals surface area contributed by atoms with Crippen LogP contribution in [0.1, 0.15) is 50.4 Å². The van der Waals surface area contributed by atoms with Crippen LogP contribution in [-0.4, -0.2) is 87.3 Å². The fourth-order valence-corrected chi connectivity index (χ4v) is 4.45. The molecular formula is C24H31F8N3O5. The number of carboxylic acids is 2. The highest BCUT2D eigenvalue weighted by Gasteiger charge is 2.55. The number of halogens is 8. The van der Waals surface area contributed by atoms with E-state index < -0.39 is 35.6 Å². The van der Waals surface area contributed by atoms with Crippen LogP contribution in [0.5, 0.6) is 0 Å². The number of carbonyl (C=O) groups excluding carboxylic acids is 1. The molecule has 2 aliphatic rings. The largest absolute Gasteiger partial charge is 0.490 e. The van der Waals surface area contributed by atoms with Gasteiger partial charge in [0.25, 0.3) is 5.92 Å². The second-order valence-electron chi connectivity index (χ2n) is 9.58. The number of alkyl halides is 8. The van der Waals surface area contributed by atoms with Crippen LogP contribution in [-0.2, 0) is 20.9 Å². The summed E-state index contributed by atoms with van der Waals surface area (Å²) in [6.45, 7) is 5.87. The number of pyridine rings is 1. The van der Waals surface area contributed by atoms with Crippen molar-refractivity contribution in [1.82, 2.24) is 14.8 Å². The van der Waals surface area contributed by atoms with Gasteiger partial charge in [-0.15, -0.1) is 0 Å². The zero-order valence-electron chi connectivity index (χ0n) is 21.8. The third-order valence-corrected chi connectivity index (χ3v) is 6.01. The summed E-state index contributed by atoms with van der Waals surface area (Å²) < 4.78 is 92.4. The Morgan fingerprint density at radius 3 is 2.05 bits per heavy atom. The van der Waals surface area contributed by atoms with Gasteiger partial charge in [0, 0.05) is 25.2 Å². The summed E-state index contributed by atoms with van der Waals surface area (Å²) in [5.74, 6) is -8.43. The van der Waals surface area contributed by atoms with E-state index in [1.54, 1.807) is 9.80 Å². The molecule has 2 N–H and O–H groups in total. The normalized spacial score (nSPS) is 21.1. The van der Waals surface area contributed by atoms with E-state index in [0.717, 1.165) is 30.7 Å². The molecule has 1 spiro atoms. The number of carboxylic acid groups (broad SMARTS) is 2. The smallest absolute Gasteiger partial charge is 0.475 e. The number of carbonyl (C=O) groups is 3. The van der Waals surface area contributed by atoms with Crippen LogP contribution in [0.15, 0.2) is 18.2 Å². The second kappa shape index (κ2) is 14.0. The Bertz CT molecular complexity index is 995. The molecule has 16 heteroatoms. The van der Waals surface area contributed by atoms with Gasteiger partial charge in [-0.2, -0.15) is 26.3 Å². The lowest BCUT2D eigenvalue weighted by Crippen LogP contribution is -2.60. The standard InChI is InChI=1S/C20H29F2N3O.2C2HF3O2/c1-3-4-10-24-14-19(13-20(21,22)15-24)9-6-11-25(18(19)26)12-17-8-5-7-16(2)23-17;2*3-2(4,5)1(6)7/h5,7-8H,3-4,6,9-15H2,1-2H3;2*(H,6,7). The van der Waals surface area contributed by atoms with Crippen molar-refractivity contribution in [3.8, 4) is 0 Å². The minimum atomic E-state index is -5.08. The molecule has 3 heterocycles. The molecule has 8 nitrogen and oxygen atoms in total. The number of hydrogen-bond acceptors (Lipinski definition) is 5. The molecule has 1 aromatic rings. The average Bonchev–Trinajstić information content (AvgIpc) is 2.79. The SMILES string of the molecule is CCCCN1CC(F)(F)CC2(CCCN(Cc3cccc(C)n3)C2=O)C1.O=C(O)C(F)(F)F.O=C(O)C(F)(F)F. The van der Waals surface area contributed by atoms with Gasteiger partial charge in [0.1, 0.15) is 0 Å². The number of aryl methyl sites for hydroxylation is 1. The number of piperidine rings is 2. The van der Waals surface area contributed by atoms with Crippen molar-refractivity contribution in [3.63, 3.8) is 0 Å². The summed E-state index contributed by atoms with van der Waals surface area (Å²) in [4.78, 5) is 39.0. The predicted molar refractivity (Wildman–Crippen MR) is 124 cm³/mol. The van der Waals surface area contributed by atoms with E-state index in [1.165, 1.54) is 0 Å². The maximum atomic E-state index is 14.5.